The van der Waals surface area contributed by atoms with Crippen LogP contribution in [0.1, 0.15) is 16.7 Å². The molecule has 0 radical (unpaired) electrons. The largest absolute Gasteiger partial charge is 0.416 e. The van der Waals surface area contributed by atoms with Gasteiger partial charge in [-0.15, -0.1) is 0 Å². The van der Waals surface area contributed by atoms with Crippen molar-refractivity contribution in [1.29, 1.82) is 5.26 Å². The van der Waals surface area contributed by atoms with E-state index in [1.54, 1.807) is 0 Å². The second-order valence-electron chi connectivity index (χ2n) is 3.03. The quantitative estimate of drug-likeness (QED) is 0.478. The molecule has 1 aromatic rings. The van der Waals surface area contributed by atoms with E-state index >= 15 is 0 Å². The van der Waals surface area contributed by atoms with E-state index in [1.165, 1.54) is 6.07 Å². The predicted octanol–water partition coefficient (Wildman–Crippen LogP) is 3.38. The zero-order valence-corrected chi connectivity index (χ0v) is 9.67. The minimum Gasteiger partial charge on any atom is -0.258 e. The molecule has 0 aliphatic carbocycles. The SMILES string of the molecule is N#Cc1cc(C(F)(F)F)c(CBr)cc1[N+](=O)[O-]. The summed E-state index contributed by atoms with van der Waals surface area (Å²) in [4.78, 5) is 9.68. The van der Waals surface area contributed by atoms with Gasteiger partial charge in [0.2, 0.25) is 0 Å². The summed E-state index contributed by atoms with van der Waals surface area (Å²) in [5.41, 5.74) is -2.55. The summed E-state index contributed by atoms with van der Waals surface area (Å²) < 4.78 is 37.8. The molecule has 17 heavy (non-hydrogen) atoms. The number of nitrogens with zero attached hydrogens (tertiary/aromatic N) is 2. The van der Waals surface area contributed by atoms with E-state index in [1.807, 2.05) is 0 Å². The third kappa shape index (κ3) is 2.74. The minimum absolute atomic E-state index is 0.186. The second kappa shape index (κ2) is 4.71. The second-order valence-corrected chi connectivity index (χ2v) is 3.59. The van der Waals surface area contributed by atoms with Crippen LogP contribution in [0.25, 0.3) is 0 Å². The third-order valence-electron chi connectivity index (χ3n) is 1.99. The van der Waals surface area contributed by atoms with Gasteiger partial charge >= 0.3 is 6.18 Å². The standard InChI is InChI=1S/C9H4BrF3N2O2/c10-3-5-2-8(15(16)17)6(4-14)1-7(5)9(11,12)13/h1-2H,3H2. The number of hydrogen-bond donors (Lipinski definition) is 0. The van der Waals surface area contributed by atoms with Gasteiger partial charge in [0.1, 0.15) is 11.6 Å². The van der Waals surface area contributed by atoms with Gasteiger partial charge in [-0.1, -0.05) is 15.9 Å². The minimum atomic E-state index is -4.65. The molecule has 0 aliphatic rings. The number of nitro benzene ring substituents is 1. The summed E-state index contributed by atoms with van der Waals surface area (Å²) in [6.45, 7) is 0. The number of hydrogen-bond acceptors (Lipinski definition) is 3. The molecule has 0 spiro atoms. The van der Waals surface area contributed by atoms with E-state index in [-0.39, 0.29) is 10.9 Å². The van der Waals surface area contributed by atoms with Crippen LogP contribution >= 0.6 is 15.9 Å². The molecule has 0 heterocycles. The molecule has 0 saturated heterocycles. The number of halogens is 4. The van der Waals surface area contributed by atoms with E-state index in [9.17, 15) is 23.3 Å². The van der Waals surface area contributed by atoms with E-state index < -0.39 is 27.9 Å². The lowest BCUT2D eigenvalue weighted by Crippen LogP contribution is -2.10. The van der Waals surface area contributed by atoms with Crippen LogP contribution in [-0.2, 0) is 11.5 Å². The molecule has 0 bridgehead atoms. The van der Waals surface area contributed by atoms with Crippen molar-refractivity contribution >= 4 is 21.6 Å². The van der Waals surface area contributed by atoms with Crippen molar-refractivity contribution in [1.82, 2.24) is 0 Å². The Morgan fingerprint density at radius 3 is 2.41 bits per heavy atom. The summed E-state index contributed by atoms with van der Waals surface area (Å²) in [7, 11) is 0. The number of alkyl halides is 4. The lowest BCUT2D eigenvalue weighted by Gasteiger charge is -2.11. The Morgan fingerprint density at radius 2 is 2.06 bits per heavy atom. The Morgan fingerprint density at radius 1 is 1.47 bits per heavy atom. The monoisotopic (exact) mass is 308 g/mol. The van der Waals surface area contributed by atoms with Gasteiger partial charge in [-0.05, 0) is 11.6 Å². The Bertz CT molecular complexity index is 508. The van der Waals surface area contributed by atoms with Gasteiger partial charge in [0.25, 0.3) is 5.69 Å². The molecule has 8 heteroatoms. The molecule has 1 rings (SSSR count). The Hall–Kier alpha value is -1.62. The number of nitriles is 1. The number of nitro groups is 1. The van der Waals surface area contributed by atoms with Crippen LogP contribution in [0.5, 0.6) is 0 Å². The first-order valence-electron chi connectivity index (χ1n) is 4.15. The van der Waals surface area contributed by atoms with Gasteiger partial charge in [0.05, 0.1) is 10.5 Å². The predicted molar refractivity (Wildman–Crippen MR) is 55.4 cm³/mol. The van der Waals surface area contributed by atoms with Crippen LogP contribution in [0.4, 0.5) is 18.9 Å². The fraction of sp³-hybridized carbons (Fsp3) is 0.222. The first-order valence-corrected chi connectivity index (χ1v) is 5.28. The molecule has 90 valence electrons. The molecular formula is C9H4BrF3N2O2. The maximum absolute atomic E-state index is 12.6. The molecule has 0 unspecified atom stereocenters. The van der Waals surface area contributed by atoms with Crippen LogP contribution in [0, 0.1) is 21.4 Å². The highest BCUT2D eigenvalue weighted by molar-refractivity contribution is 9.08. The van der Waals surface area contributed by atoms with Crippen molar-refractivity contribution in [2.45, 2.75) is 11.5 Å². The summed E-state index contributed by atoms with van der Waals surface area (Å²) >= 11 is 2.83. The highest BCUT2D eigenvalue weighted by atomic mass is 79.9. The van der Waals surface area contributed by atoms with E-state index in [0.717, 1.165) is 6.07 Å². The Balaban J connectivity index is 3.56. The highest BCUT2D eigenvalue weighted by Gasteiger charge is 2.35. The topological polar surface area (TPSA) is 66.9 Å². The van der Waals surface area contributed by atoms with E-state index in [0.29, 0.717) is 6.07 Å². The van der Waals surface area contributed by atoms with Gasteiger partial charge in [0, 0.05) is 11.4 Å². The van der Waals surface area contributed by atoms with Crippen LogP contribution in [0.2, 0.25) is 0 Å². The maximum atomic E-state index is 12.6. The van der Waals surface area contributed by atoms with Crippen LogP contribution < -0.4 is 0 Å². The van der Waals surface area contributed by atoms with E-state index in [4.69, 9.17) is 5.26 Å². The van der Waals surface area contributed by atoms with Crippen molar-refractivity contribution in [2.24, 2.45) is 0 Å². The fourth-order valence-corrected chi connectivity index (χ4v) is 1.71. The molecule has 0 saturated carbocycles. The molecule has 4 nitrogen and oxygen atoms in total. The fourth-order valence-electron chi connectivity index (χ4n) is 1.25. The average molecular weight is 309 g/mol. The summed E-state index contributed by atoms with van der Waals surface area (Å²) in [6.07, 6.45) is -4.65. The van der Waals surface area contributed by atoms with Crippen molar-refractivity contribution in [3.05, 3.63) is 38.9 Å². The molecule has 0 N–H and O–H groups in total. The molecule has 1 aromatic carbocycles. The van der Waals surface area contributed by atoms with Crippen LogP contribution in [0.15, 0.2) is 12.1 Å². The van der Waals surface area contributed by atoms with Crippen LogP contribution in [-0.4, -0.2) is 4.92 Å². The summed E-state index contributed by atoms with van der Waals surface area (Å²) in [5, 5.41) is 19.0. The zero-order chi connectivity index (χ0) is 13.2. The first-order chi connectivity index (χ1) is 7.81. The van der Waals surface area contributed by atoms with Crippen molar-refractivity contribution in [3.63, 3.8) is 0 Å². The van der Waals surface area contributed by atoms with Gasteiger partial charge in [0.15, 0.2) is 0 Å². The molecule has 0 atom stereocenters. The lowest BCUT2D eigenvalue weighted by atomic mass is 10.0. The maximum Gasteiger partial charge on any atom is 0.416 e. The van der Waals surface area contributed by atoms with E-state index in [2.05, 4.69) is 15.9 Å². The van der Waals surface area contributed by atoms with Gasteiger partial charge in [-0.3, -0.25) is 10.1 Å². The number of rotatable bonds is 2. The van der Waals surface area contributed by atoms with Gasteiger partial charge in [-0.2, -0.15) is 18.4 Å². The smallest absolute Gasteiger partial charge is 0.258 e. The summed E-state index contributed by atoms with van der Waals surface area (Å²) in [5.74, 6) is 0. The van der Waals surface area contributed by atoms with Crippen LogP contribution in [0.3, 0.4) is 0 Å². The van der Waals surface area contributed by atoms with Gasteiger partial charge < -0.3 is 0 Å². The summed E-state index contributed by atoms with van der Waals surface area (Å²) in [6, 6.07) is 2.64. The molecule has 0 aliphatic heterocycles. The van der Waals surface area contributed by atoms with Crippen molar-refractivity contribution < 1.29 is 18.1 Å². The van der Waals surface area contributed by atoms with Crippen molar-refractivity contribution in [2.75, 3.05) is 0 Å². The molecule has 0 aromatic heterocycles. The molecular weight excluding hydrogens is 305 g/mol. The Labute approximate surface area is 102 Å². The average Bonchev–Trinajstić information content (AvgIpc) is 2.25. The first kappa shape index (κ1) is 13.4. The van der Waals surface area contributed by atoms with Gasteiger partial charge in [-0.25, -0.2) is 0 Å². The third-order valence-corrected chi connectivity index (χ3v) is 2.59. The zero-order valence-electron chi connectivity index (χ0n) is 8.08. The molecule has 0 amide bonds. The molecule has 0 fully saturated rings. The Kier molecular flexibility index (Phi) is 3.72. The highest BCUT2D eigenvalue weighted by Crippen LogP contribution is 2.36. The number of benzene rings is 1. The van der Waals surface area contributed by atoms with Crippen molar-refractivity contribution in [3.8, 4) is 6.07 Å². The normalized spacial score (nSPS) is 11.0. The lowest BCUT2D eigenvalue weighted by molar-refractivity contribution is -0.385.